The molecule has 1 fully saturated rings. The Bertz CT molecular complexity index is 483. The van der Waals surface area contributed by atoms with Crippen LogP contribution in [0.25, 0.3) is 0 Å². The molecule has 20 heavy (non-hydrogen) atoms. The number of hydrogen-bond acceptors (Lipinski definition) is 3. The molecule has 1 aromatic carbocycles. The maximum Gasteiger partial charge on any atom is 0.303 e. The topological polar surface area (TPSA) is 55.8 Å². The Morgan fingerprint density at radius 2 is 2.15 bits per heavy atom. The Kier molecular flexibility index (Phi) is 5.29. The van der Waals surface area contributed by atoms with Crippen LogP contribution in [0.4, 0.5) is 0 Å². The van der Waals surface area contributed by atoms with Gasteiger partial charge in [0.25, 0.3) is 0 Å². The monoisotopic (exact) mass is 342 g/mol. The molecule has 1 aliphatic rings. The summed E-state index contributed by atoms with van der Waals surface area (Å²) in [4.78, 5) is 10.6. The number of benzene rings is 1. The molecule has 0 aliphatic heterocycles. The first-order valence-corrected chi connectivity index (χ1v) is 7.64. The minimum Gasteiger partial charge on any atom is -0.493 e. The first-order valence-electron chi connectivity index (χ1n) is 6.85. The first-order chi connectivity index (χ1) is 9.60. The lowest BCUT2D eigenvalue weighted by Gasteiger charge is -2.27. The third-order valence-electron chi connectivity index (χ3n) is 3.52. The number of aryl methyl sites for hydroxylation is 1. The molecule has 1 aliphatic carbocycles. The van der Waals surface area contributed by atoms with Crippen LogP contribution in [0.15, 0.2) is 16.6 Å². The van der Waals surface area contributed by atoms with Crippen molar-refractivity contribution in [3.63, 3.8) is 0 Å². The van der Waals surface area contributed by atoms with Crippen molar-refractivity contribution in [3.05, 3.63) is 22.2 Å². The zero-order valence-electron chi connectivity index (χ0n) is 11.5. The van der Waals surface area contributed by atoms with Crippen molar-refractivity contribution in [2.75, 3.05) is 7.11 Å². The minimum atomic E-state index is -0.763. The van der Waals surface area contributed by atoms with E-state index in [0.29, 0.717) is 18.6 Å². The highest BCUT2D eigenvalue weighted by atomic mass is 79.9. The highest BCUT2D eigenvalue weighted by Crippen LogP contribution is 2.37. The molecule has 0 bridgehead atoms. The number of methoxy groups -OCH3 is 1. The molecule has 1 N–H and O–H groups in total. The van der Waals surface area contributed by atoms with E-state index in [0.717, 1.165) is 28.6 Å². The SMILES string of the molecule is COc1cc(Br)c(CCCC(=O)O)cc1OC1CCC1. The van der Waals surface area contributed by atoms with Crippen molar-refractivity contribution in [1.82, 2.24) is 0 Å². The van der Waals surface area contributed by atoms with Crippen molar-refractivity contribution >= 4 is 21.9 Å². The molecule has 110 valence electrons. The second kappa shape index (κ2) is 6.97. The summed E-state index contributed by atoms with van der Waals surface area (Å²) < 4.78 is 12.2. The molecule has 5 heteroatoms. The van der Waals surface area contributed by atoms with Gasteiger partial charge in [-0.05, 0) is 49.8 Å². The van der Waals surface area contributed by atoms with Gasteiger partial charge in [-0.25, -0.2) is 0 Å². The molecule has 4 nitrogen and oxygen atoms in total. The molecule has 0 aromatic heterocycles. The van der Waals surface area contributed by atoms with Gasteiger partial charge < -0.3 is 14.6 Å². The summed E-state index contributed by atoms with van der Waals surface area (Å²) in [7, 11) is 1.62. The average Bonchev–Trinajstić information content (AvgIpc) is 2.36. The molecular weight excluding hydrogens is 324 g/mol. The lowest BCUT2D eigenvalue weighted by molar-refractivity contribution is -0.137. The third-order valence-corrected chi connectivity index (χ3v) is 4.25. The Hall–Kier alpha value is -1.23. The molecule has 0 unspecified atom stereocenters. The highest BCUT2D eigenvalue weighted by molar-refractivity contribution is 9.10. The van der Waals surface area contributed by atoms with E-state index < -0.39 is 5.97 Å². The van der Waals surface area contributed by atoms with Gasteiger partial charge in [-0.3, -0.25) is 4.79 Å². The quantitative estimate of drug-likeness (QED) is 0.818. The molecule has 0 radical (unpaired) electrons. The molecule has 1 aromatic rings. The van der Waals surface area contributed by atoms with Crippen LogP contribution in [0.2, 0.25) is 0 Å². The second-order valence-electron chi connectivity index (χ2n) is 5.01. The summed E-state index contributed by atoms with van der Waals surface area (Å²) in [5.41, 5.74) is 1.06. The summed E-state index contributed by atoms with van der Waals surface area (Å²) in [5.74, 6) is 0.706. The van der Waals surface area contributed by atoms with Crippen LogP contribution < -0.4 is 9.47 Å². The second-order valence-corrected chi connectivity index (χ2v) is 5.87. The summed E-state index contributed by atoms with van der Waals surface area (Å²) in [6.45, 7) is 0. The van der Waals surface area contributed by atoms with Crippen molar-refractivity contribution in [3.8, 4) is 11.5 Å². The van der Waals surface area contributed by atoms with E-state index >= 15 is 0 Å². The van der Waals surface area contributed by atoms with Gasteiger partial charge in [0.1, 0.15) is 0 Å². The molecule has 0 saturated heterocycles. The summed E-state index contributed by atoms with van der Waals surface area (Å²) in [6, 6.07) is 3.85. The van der Waals surface area contributed by atoms with Gasteiger partial charge in [-0.2, -0.15) is 0 Å². The molecule has 0 atom stereocenters. The minimum absolute atomic E-state index is 0.178. The van der Waals surface area contributed by atoms with Gasteiger partial charge in [0.15, 0.2) is 11.5 Å². The van der Waals surface area contributed by atoms with E-state index in [2.05, 4.69) is 15.9 Å². The predicted octanol–water partition coefficient (Wildman–Crippen LogP) is 3.80. The summed E-state index contributed by atoms with van der Waals surface area (Å²) in [5, 5.41) is 8.70. The fourth-order valence-electron chi connectivity index (χ4n) is 2.12. The lowest BCUT2D eigenvalue weighted by Crippen LogP contribution is -2.24. The van der Waals surface area contributed by atoms with Crippen LogP contribution in [0.3, 0.4) is 0 Å². The van der Waals surface area contributed by atoms with E-state index in [4.69, 9.17) is 14.6 Å². The predicted molar refractivity (Wildman–Crippen MR) is 79.5 cm³/mol. The van der Waals surface area contributed by atoms with Gasteiger partial charge in [0.2, 0.25) is 0 Å². The van der Waals surface area contributed by atoms with Crippen LogP contribution in [0, 0.1) is 0 Å². The largest absolute Gasteiger partial charge is 0.493 e. The molecule has 0 amide bonds. The van der Waals surface area contributed by atoms with E-state index in [1.54, 1.807) is 7.11 Å². The molecular formula is C15H19BrO4. The van der Waals surface area contributed by atoms with E-state index in [1.165, 1.54) is 6.42 Å². The highest BCUT2D eigenvalue weighted by Gasteiger charge is 2.21. The molecule has 0 spiro atoms. The van der Waals surface area contributed by atoms with Gasteiger partial charge in [0.05, 0.1) is 13.2 Å². The smallest absolute Gasteiger partial charge is 0.303 e. The summed E-state index contributed by atoms with van der Waals surface area (Å²) >= 11 is 3.50. The van der Waals surface area contributed by atoms with Crippen LogP contribution in [-0.2, 0) is 11.2 Å². The molecule has 2 rings (SSSR count). The number of carboxylic acid groups (broad SMARTS) is 1. The van der Waals surface area contributed by atoms with Gasteiger partial charge >= 0.3 is 5.97 Å². The van der Waals surface area contributed by atoms with Crippen molar-refractivity contribution in [1.29, 1.82) is 0 Å². The third kappa shape index (κ3) is 3.88. The zero-order valence-corrected chi connectivity index (χ0v) is 13.1. The number of carboxylic acids is 1. The number of carbonyl (C=O) groups is 1. The Morgan fingerprint density at radius 3 is 2.70 bits per heavy atom. The van der Waals surface area contributed by atoms with Crippen LogP contribution in [-0.4, -0.2) is 24.3 Å². The lowest BCUT2D eigenvalue weighted by atomic mass is 9.96. The van der Waals surface area contributed by atoms with Gasteiger partial charge in [-0.15, -0.1) is 0 Å². The Balaban J connectivity index is 2.09. The Morgan fingerprint density at radius 1 is 1.40 bits per heavy atom. The number of ether oxygens (including phenoxy) is 2. The van der Waals surface area contributed by atoms with Crippen LogP contribution in [0.5, 0.6) is 11.5 Å². The van der Waals surface area contributed by atoms with Gasteiger partial charge in [0, 0.05) is 10.9 Å². The Labute approximate surface area is 127 Å². The van der Waals surface area contributed by atoms with Crippen LogP contribution >= 0.6 is 15.9 Å². The van der Waals surface area contributed by atoms with Gasteiger partial charge in [-0.1, -0.05) is 15.9 Å². The average molecular weight is 343 g/mol. The van der Waals surface area contributed by atoms with E-state index in [9.17, 15) is 4.79 Å². The number of hydrogen-bond donors (Lipinski definition) is 1. The first kappa shape index (κ1) is 15.2. The number of rotatable bonds is 7. The van der Waals surface area contributed by atoms with Crippen molar-refractivity contribution in [2.45, 2.75) is 44.6 Å². The van der Waals surface area contributed by atoms with Crippen molar-refractivity contribution in [2.24, 2.45) is 0 Å². The summed E-state index contributed by atoms with van der Waals surface area (Å²) in [6.07, 6.45) is 5.19. The maximum atomic E-state index is 10.6. The number of halogens is 1. The van der Waals surface area contributed by atoms with Crippen LogP contribution in [0.1, 0.15) is 37.7 Å². The number of aliphatic carboxylic acids is 1. The maximum absolute atomic E-state index is 10.6. The van der Waals surface area contributed by atoms with E-state index in [-0.39, 0.29) is 12.5 Å². The molecule has 1 saturated carbocycles. The molecule has 0 heterocycles. The standard InChI is InChI=1S/C15H19BrO4/c1-19-13-9-12(16)10(4-2-7-15(17)18)8-14(13)20-11-5-3-6-11/h8-9,11H,2-7H2,1H3,(H,17,18). The van der Waals surface area contributed by atoms with Crippen molar-refractivity contribution < 1.29 is 19.4 Å². The fraction of sp³-hybridized carbons (Fsp3) is 0.533. The van der Waals surface area contributed by atoms with E-state index in [1.807, 2.05) is 12.1 Å². The zero-order chi connectivity index (χ0) is 14.5. The fourth-order valence-corrected chi connectivity index (χ4v) is 2.64. The normalized spacial score (nSPS) is 14.7.